The molecule has 12 heteroatoms. The molecule has 5 rings (SSSR count). The third-order valence-electron chi connectivity index (χ3n) is 7.39. The lowest BCUT2D eigenvalue weighted by Gasteiger charge is -2.46. The standard InChI is InChI=1S/C21H20F3N3O6/c1-19-12-13-17(32-6-5-20(13,33-19)14(15(19)28)26-18(30)31-2)27(16(12)29)10-4-3-9(8-25)11(7-10)21(22,23)24/h3-4,7,12-15,17,28H,5-6H2,1-2H3,(H,26,30)/t12-,13+,14-,15-,17+,19+,20-/m1/s1. The van der Waals surface area contributed by atoms with Gasteiger partial charge in [0.05, 0.1) is 48.8 Å². The average Bonchev–Trinajstić information content (AvgIpc) is 3.31. The Labute approximate surface area is 186 Å². The number of carbonyl (C=O) groups is 2. The van der Waals surface area contributed by atoms with Crippen LogP contribution in [0.25, 0.3) is 0 Å². The number of amides is 2. The van der Waals surface area contributed by atoms with Crippen molar-refractivity contribution in [2.45, 2.75) is 49.1 Å². The molecule has 1 spiro atoms. The molecule has 4 aliphatic rings. The minimum Gasteiger partial charge on any atom is -0.453 e. The van der Waals surface area contributed by atoms with Crippen molar-refractivity contribution in [3.05, 3.63) is 29.3 Å². The molecule has 2 N–H and O–H groups in total. The molecule has 2 amide bonds. The van der Waals surface area contributed by atoms with E-state index in [2.05, 4.69) is 10.1 Å². The van der Waals surface area contributed by atoms with E-state index >= 15 is 0 Å². The van der Waals surface area contributed by atoms with Crippen molar-refractivity contribution in [1.82, 2.24) is 5.32 Å². The van der Waals surface area contributed by atoms with Crippen LogP contribution in [0.5, 0.6) is 0 Å². The number of alkyl halides is 3. The van der Waals surface area contributed by atoms with Crippen LogP contribution in [-0.4, -0.2) is 60.4 Å². The fourth-order valence-corrected chi connectivity index (χ4v) is 6.10. The maximum absolute atomic E-state index is 13.6. The molecule has 0 unspecified atom stereocenters. The van der Waals surface area contributed by atoms with Gasteiger partial charge in [0.2, 0.25) is 5.91 Å². The zero-order valence-corrected chi connectivity index (χ0v) is 17.5. The minimum absolute atomic E-state index is 0.0715. The van der Waals surface area contributed by atoms with Gasteiger partial charge in [-0.05, 0) is 25.1 Å². The molecule has 0 saturated carbocycles. The molecule has 4 fully saturated rings. The zero-order valence-electron chi connectivity index (χ0n) is 17.5. The first kappa shape index (κ1) is 21.9. The summed E-state index contributed by atoms with van der Waals surface area (Å²) in [7, 11) is 1.18. The van der Waals surface area contributed by atoms with E-state index in [4.69, 9.17) is 14.7 Å². The van der Waals surface area contributed by atoms with Crippen molar-refractivity contribution in [2.75, 3.05) is 18.6 Å². The van der Waals surface area contributed by atoms with E-state index in [1.807, 2.05) is 0 Å². The molecular weight excluding hydrogens is 447 g/mol. The van der Waals surface area contributed by atoms with Gasteiger partial charge in [-0.3, -0.25) is 9.69 Å². The molecule has 4 saturated heterocycles. The summed E-state index contributed by atoms with van der Waals surface area (Å²) in [6.07, 6.45) is -7.55. The van der Waals surface area contributed by atoms with E-state index in [9.17, 15) is 27.9 Å². The number of halogens is 3. The lowest BCUT2D eigenvalue weighted by atomic mass is 9.62. The third kappa shape index (κ3) is 2.70. The second kappa shape index (κ2) is 6.82. The normalized spacial score (nSPS) is 38.8. The summed E-state index contributed by atoms with van der Waals surface area (Å²) in [6, 6.07) is 3.66. The Kier molecular flexibility index (Phi) is 4.53. The number of rotatable bonds is 2. The van der Waals surface area contributed by atoms with Crippen LogP contribution in [0.2, 0.25) is 0 Å². The highest BCUT2D eigenvalue weighted by atomic mass is 19.4. The number of alkyl carbamates (subject to hydrolysis) is 1. The van der Waals surface area contributed by atoms with Gasteiger partial charge in [0, 0.05) is 12.1 Å². The lowest BCUT2D eigenvalue weighted by molar-refractivity contribution is -0.145. The summed E-state index contributed by atoms with van der Waals surface area (Å²) in [5.74, 6) is -2.11. The van der Waals surface area contributed by atoms with Gasteiger partial charge in [0.1, 0.15) is 23.5 Å². The molecule has 33 heavy (non-hydrogen) atoms. The number of hydrogen-bond donors (Lipinski definition) is 2. The van der Waals surface area contributed by atoms with Crippen LogP contribution < -0.4 is 10.2 Å². The predicted molar refractivity (Wildman–Crippen MR) is 103 cm³/mol. The number of methoxy groups -OCH3 is 1. The Morgan fingerprint density at radius 2 is 2.15 bits per heavy atom. The molecule has 7 atom stereocenters. The monoisotopic (exact) mass is 467 g/mol. The minimum atomic E-state index is -4.80. The number of anilines is 1. The summed E-state index contributed by atoms with van der Waals surface area (Å²) in [5.41, 5.74) is -4.36. The van der Waals surface area contributed by atoms with Crippen LogP contribution in [-0.2, 0) is 25.2 Å². The number of aliphatic hydroxyl groups is 1. The van der Waals surface area contributed by atoms with Gasteiger partial charge in [-0.2, -0.15) is 18.4 Å². The highest BCUT2D eigenvalue weighted by molar-refractivity contribution is 6.00. The number of nitriles is 1. The largest absolute Gasteiger partial charge is 0.453 e. The maximum atomic E-state index is 13.6. The summed E-state index contributed by atoms with van der Waals surface area (Å²) < 4.78 is 57.4. The third-order valence-corrected chi connectivity index (χ3v) is 7.39. The van der Waals surface area contributed by atoms with Crippen molar-refractivity contribution in [3.8, 4) is 6.07 Å². The van der Waals surface area contributed by atoms with E-state index in [0.717, 1.165) is 17.0 Å². The number of hydrogen-bond acceptors (Lipinski definition) is 7. The van der Waals surface area contributed by atoms with Crippen LogP contribution in [0.1, 0.15) is 24.5 Å². The topological polar surface area (TPSA) is 121 Å². The molecule has 2 bridgehead atoms. The number of carbonyl (C=O) groups excluding carboxylic acids is 2. The first-order chi connectivity index (χ1) is 15.5. The molecule has 1 aromatic rings. The highest BCUT2D eigenvalue weighted by Gasteiger charge is 2.81. The highest BCUT2D eigenvalue weighted by Crippen LogP contribution is 2.65. The number of ether oxygens (including phenoxy) is 3. The van der Waals surface area contributed by atoms with Gasteiger partial charge >= 0.3 is 12.3 Å². The van der Waals surface area contributed by atoms with E-state index in [1.54, 1.807) is 6.92 Å². The molecule has 0 aromatic heterocycles. The van der Waals surface area contributed by atoms with Crippen LogP contribution in [0.15, 0.2) is 18.2 Å². The molecule has 4 aliphatic heterocycles. The number of fused-ring (bicyclic) bond motifs is 2. The number of nitrogens with one attached hydrogen (secondary N) is 1. The molecular formula is C21H20F3N3O6. The average molecular weight is 467 g/mol. The van der Waals surface area contributed by atoms with E-state index < -0.39 is 70.7 Å². The quantitative estimate of drug-likeness (QED) is 0.677. The summed E-state index contributed by atoms with van der Waals surface area (Å²) in [4.78, 5) is 26.7. The predicted octanol–water partition coefficient (Wildman–Crippen LogP) is 1.53. The van der Waals surface area contributed by atoms with Crippen LogP contribution >= 0.6 is 0 Å². The summed E-state index contributed by atoms with van der Waals surface area (Å²) in [5, 5.41) is 22.7. The van der Waals surface area contributed by atoms with Crippen LogP contribution in [0.4, 0.5) is 23.7 Å². The van der Waals surface area contributed by atoms with Gasteiger partial charge in [0.25, 0.3) is 0 Å². The van der Waals surface area contributed by atoms with Crippen molar-refractivity contribution < 1.29 is 42.1 Å². The first-order valence-corrected chi connectivity index (χ1v) is 10.3. The molecule has 9 nitrogen and oxygen atoms in total. The van der Waals surface area contributed by atoms with Gasteiger partial charge in [-0.1, -0.05) is 0 Å². The molecule has 4 heterocycles. The Morgan fingerprint density at radius 1 is 1.42 bits per heavy atom. The van der Waals surface area contributed by atoms with E-state index in [1.165, 1.54) is 19.2 Å². The fourth-order valence-electron chi connectivity index (χ4n) is 6.10. The van der Waals surface area contributed by atoms with Crippen LogP contribution in [0.3, 0.4) is 0 Å². The number of aliphatic hydroxyl groups excluding tert-OH is 1. The van der Waals surface area contributed by atoms with Gasteiger partial charge in [-0.25, -0.2) is 4.79 Å². The van der Waals surface area contributed by atoms with Crippen molar-refractivity contribution in [3.63, 3.8) is 0 Å². The molecule has 1 aromatic carbocycles. The Hall–Kier alpha value is -2.88. The van der Waals surface area contributed by atoms with Gasteiger partial charge in [-0.15, -0.1) is 0 Å². The maximum Gasteiger partial charge on any atom is 0.417 e. The fraction of sp³-hybridized carbons (Fsp3) is 0.571. The molecule has 0 aliphatic carbocycles. The number of nitrogens with zero attached hydrogens (tertiary/aromatic N) is 2. The van der Waals surface area contributed by atoms with Gasteiger partial charge < -0.3 is 24.6 Å². The molecule has 176 valence electrons. The lowest BCUT2D eigenvalue weighted by Crippen LogP contribution is -2.66. The first-order valence-electron chi connectivity index (χ1n) is 10.3. The van der Waals surface area contributed by atoms with Crippen molar-refractivity contribution in [2.24, 2.45) is 11.8 Å². The Bertz CT molecular complexity index is 1090. The Morgan fingerprint density at radius 3 is 2.79 bits per heavy atom. The zero-order chi connectivity index (χ0) is 23.9. The number of benzene rings is 1. The molecule has 0 radical (unpaired) electrons. The summed E-state index contributed by atoms with van der Waals surface area (Å²) >= 11 is 0. The second-order valence-corrected chi connectivity index (χ2v) is 8.86. The SMILES string of the molecule is COC(=O)N[C@@H]1[C@@H](O)[C@@]2(C)O[C@@]13CCO[C@H]1[C@@H]3[C@@H]2C(=O)N1c1ccc(C#N)c(C(F)(F)F)c1. The van der Waals surface area contributed by atoms with Gasteiger partial charge in [0.15, 0.2) is 0 Å². The van der Waals surface area contributed by atoms with E-state index in [-0.39, 0.29) is 18.7 Å². The van der Waals surface area contributed by atoms with Crippen molar-refractivity contribution >= 4 is 17.7 Å². The summed E-state index contributed by atoms with van der Waals surface area (Å²) in [6.45, 7) is 1.64. The van der Waals surface area contributed by atoms with Crippen LogP contribution in [0, 0.1) is 23.2 Å². The smallest absolute Gasteiger partial charge is 0.417 e. The van der Waals surface area contributed by atoms with E-state index in [0.29, 0.717) is 0 Å². The second-order valence-electron chi connectivity index (χ2n) is 8.86. The van der Waals surface area contributed by atoms with Crippen molar-refractivity contribution in [1.29, 1.82) is 5.26 Å². The Balaban J connectivity index is 1.60.